The van der Waals surface area contributed by atoms with Gasteiger partial charge in [-0.2, -0.15) is 0 Å². The van der Waals surface area contributed by atoms with Gasteiger partial charge in [0.1, 0.15) is 0 Å². The Morgan fingerprint density at radius 3 is 2.68 bits per heavy atom. The van der Waals surface area contributed by atoms with E-state index in [0.717, 1.165) is 40.8 Å². The molecule has 22 heavy (non-hydrogen) atoms. The monoisotopic (exact) mass is 315 g/mol. The Bertz CT molecular complexity index is 757. The topological polar surface area (TPSA) is 47.8 Å². The lowest BCUT2D eigenvalue weighted by atomic mass is 9.91. The zero-order chi connectivity index (χ0) is 15.9. The standard InChI is InChI=1S/C17H21N3OS/c1-11-14(12-6-7-13(18-10-12)17(2,3)4)19-16-20(15(11)21)8-5-9-22-16/h6-7,10H,5,8-9H2,1-4H3. The summed E-state index contributed by atoms with van der Waals surface area (Å²) >= 11 is 1.66. The molecular weight excluding hydrogens is 294 g/mol. The van der Waals surface area contributed by atoms with Crippen molar-refractivity contribution in [3.63, 3.8) is 0 Å². The average Bonchev–Trinajstić information content (AvgIpc) is 2.50. The van der Waals surface area contributed by atoms with Gasteiger partial charge < -0.3 is 0 Å². The summed E-state index contributed by atoms with van der Waals surface area (Å²) in [5, 5.41) is 0.830. The van der Waals surface area contributed by atoms with E-state index in [9.17, 15) is 4.79 Å². The SMILES string of the molecule is Cc1c(-c2ccc(C(C)(C)C)nc2)nc2n(c1=O)CCCS2. The first kappa shape index (κ1) is 15.3. The van der Waals surface area contributed by atoms with Crippen LogP contribution in [0.5, 0.6) is 0 Å². The minimum absolute atomic E-state index is 0.0201. The van der Waals surface area contributed by atoms with Crippen molar-refractivity contribution in [3.8, 4) is 11.3 Å². The molecule has 1 aliphatic rings. The fourth-order valence-corrected chi connectivity index (χ4v) is 3.52. The van der Waals surface area contributed by atoms with E-state index in [1.165, 1.54) is 0 Å². The van der Waals surface area contributed by atoms with Gasteiger partial charge in [0, 0.05) is 40.7 Å². The van der Waals surface area contributed by atoms with E-state index in [0.29, 0.717) is 5.56 Å². The molecule has 0 atom stereocenters. The van der Waals surface area contributed by atoms with Gasteiger partial charge >= 0.3 is 0 Å². The second-order valence-electron chi connectivity index (χ2n) is 6.71. The quantitative estimate of drug-likeness (QED) is 0.757. The van der Waals surface area contributed by atoms with Crippen molar-refractivity contribution >= 4 is 11.8 Å². The molecule has 2 aromatic rings. The lowest BCUT2D eigenvalue weighted by Gasteiger charge is -2.20. The summed E-state index contributed by atoms with van der Waals surface area (Å²) in [5.41, 5.74) is 3.52. The number of thioether (sulfide) groups is 1. The predicted molar refractivity (Wildman–Crippen MR) is 90.5 cm³/mol. The summed E-state index contributed by atoms with van der Waals surface area (Å²) in [6.45, 7) is 9.05. The Morgan fingerprint density at radius 2 is 2.05 bits per heavy atom. The van der Waals surface area contributed by atoms with E-state index >= 15 is 0 Å². The molecule has 2 aromatic heterocycles. The van der Waals surface area contributed by atoms with Crippen LogP contribution in [0.2, 0.25) is 0 Å². The minimum atomic E-state index is 0.0201. The molecule has 0 fully saturated rings. The molecule has 1 aliphatic heterocycles. The zero-order valence-electron chi connectivity index (χ0n) is 13.5. The van der Waals surface area contributed by atoms with E-state index in [1.807, 2.05) is 25.3 Å². The number of rotatable bonds is 1. The van der Waals surface area contributed by atoms with Crippen LogP contribution in [-0.4, -0.2) is 20.3 Å². The Hall–Kier alpha value is -1.62. The van der Waals surface area contributed by atoms with Gasteiger partial charge in [0.2, 0.25) is 0 Å². The van der Waals surface area contributed by atoms with E-state index < -0.39 is 0 Å². The maximum atomic E-state index is 12.5. The zero-order valence-corrected chi connectivity index (χ0v) is 14.3. The molecule has 0 aromatic carbocycles. The Kier molecular flexibility index (Phi) is 3.85. The highest BCUT2D eigenvalue weighted by Crippen LogP contribution is 2.27. The van der Waals surface area contributed by atoms with E-state index in [-0.39, 0.29) is 11.0 Å². The average molecular weight is 315 g/mol. The van der Waals surface area contributed by atoms with Gasteiger partial charge in [-0.15, -0.1) is 0 Å². The largest absolute Gasteiger partial charge is 0.287 e. The molecule has 0 spiro atoms. The van der Waals surface area contributed by atoms with Gasteiger partial charge in [-0.05, 0) is 25.5 Å². The third kappa shape index (κ3) is 2.70. The van der Waals surface area contributed by atoms with Gasteiger partial charge in [0.25, 0.3) is 5.56 Å². The van der Waals surface area contributed by atoms with Crippen LogP contribution >= 0.6 is 11.8 Å². The van der Waals surface area contributed by atoms with Crippen molar-refractivity contribution in [2.45, 2.75) is 51.2 Å². The molecule has 0 radical (unpaired) electrons. The molecule has 4 nitrogen and oxygen atoms in total. The summed E-state index contributed by atoms with van der Waals surface area (Å²) in [7, 11) is 0. The Morgan fingerprint density at radius 1 is 1.27 bits per heavy atom. The molecule has 3 rings (SSSR count). The highest BCUT2D eigenvalue weighted by Gasteiger charge is 2.19. The second-order valence-corrected chi connectivity index (χ2v) is 7.77. The first-order chi connectivity index (χ1) is 10.4. The van der Waals surface area contributed by atoms with E-state index in [1.54, 1.807) is 16.3 Å². The molecule has 0 amide bonds. The van der Waals surface area contributed by atoms with Crippen LogP contribution in [0, 0.1) is 6.92 Å². The lowest BCUT2D eigenvalue weighted by molar-refractivity contribution is 0.560. The summed E-state index contributed by atoms with van der Waals surface area (Å²) < 4.78 is 1.80. The van der Waals surface area contributed by atoms with Crippen LogP contribution in [-0.2, 0) is 12.0 Å². The predicted octanol–water partition coefficient (Wildman–Crippen LogP) is 3.41. The molecule has 0 N–H and O–H groups in total. The minimum Gasteiger partial charge on any atom is -0.287 e. The van der Waals surface area contributed by atoms with Crippen LogP contribution in [0.15, 0.2) is 28.3 Å². The summed E-state index contributed by atoms with van der Waals surface area (Å²) in [6.07, 6.45) is 2.86. The second kappa shape index (κ2) is 5.54. The third-order valence-electron chi connectivity index (χ3n) is 3.92. The molecular formula is C17H21N3OS. The van der Waals surface area contributed by atoms with Crippen LogP contribution < -0.4 is 5.56 Å². The molecule has 0 unspecified atom stereocenters. The smallest absolute Gasteiger partial charge is 0.257 e. The van der Waals surface area contributed by atoms with Crippen molar-refractivity contribution in [2.24, 2.45) is 0 Å². The number of pyridine rings is 1. The summed E-state index contributed by atoms with van der Waals surface area (Å²) in [4.78, 5) is 21.8. The van der Waals surface area contributed by atoms with Crippen LogP contribution in [0.1, 0.15) is 38.4 Å². The van der Waals surface area contributed by atoms with E-state index in [2.05, 4.69) is 25.8 Å². The molecule has 0 aliphatic carbocycles. The van der Waals surface area contributed by atoms with Gasteiger partial charge in [-0.3, -0.25) is 14.3 Å². The molecule has 3 heterocycles. The fraction of sp³-hybridized carbons (Fsp3) is 0.471. The number of hydrogen-bond donors (Lipinski definition) is 0. The number of aromatic nitrogens is 3. The van der Waals surface area contributed by atoms with Gasteiger partial charge in [-0.25, -0.2) is 4.98 Å². The van der Waals surface area contributed by atoms with Gasteiger partial charge in [-0.1, -0.05) is 32.5 Å². The molecule has 116 valence electrons. The Labute approximate surface area is 135 Å². The van der Waals surface area contributed by atoms with Crippen molar-refractivity contribution < 1.29 is 0 Å². The van der Waals surface area contributed by atoms with Gasteiger partial charge in [0.15, 0.2) is 5.16 Å². The maximum Gasteiger partial charge on any atom is 0.257 e. The van der Waals surface area contributed by atoms with Crippen LogP contribution in [0.3, 0.4) is 0 Å². The highest BCUT2D eigenvalue weighted by molar-refractivity contribution is 7.99. The first-order valence-corrected chi connectivity index (χ1v) is 8.57. The molecule has 0 bridgehead atoms. The summed E-state index contributed by atoms with van der Waals surface area (Å²) in [5.74, 6) is 1.02. The maximum absolute atomic E-state index is 12.5. The van der Waals surface area contributed by atoms with Crippen molar-refractivity contribution in [1.29, 1.82) is 0 Å². The molecule has 0 saturated carbocycles. The van der Waals surface area contributed by atoms with Crippen molar-refractivity contribution in [3.05, 3.63) is 39.9 Å². The van der Waals surface area contributed by atoms with Crippen LogP contribution in [0.25, 0.3) is 11.3 Å². The first-order valence-electron chi connectivity index (χ1n) is 7.59. The number of hydrogen-bond acceptors (Lipinski definition) is 4. The molecule has 0 saturated heterocycles. The van der Waals surface area contributed by atoms with E-state index in [4.69, 9.17) is 4.98 Å². The fourth-order valence-electron chi connectivity index (χ4n) is 2.58. The third-order valence-corrected chi connectivity index (χ3v) is 4.98. The Balaban J connectivity index is 2.09. The van der Waals surface area contributed by atoms with Gasteiger partial charge in [0.05, 0.1) is 5.69 Å². The highest BCUT2D eigenvalue weighted by atomic mass is 32.2. The lowest BCUT2D eigenvalue weighted by Crippen LogP contribution is -2.28. The number of fused-ring (bicyclic) bond motifs is 1. The molecule has 5 heteroatoms. The van der Waals surface area contributed by atoms with Crippen molar-refractivity contribution in [1.82, 2.24) is 14.5 Å². The normalized spacial score (nSPS) is 14.7. The van der Waals surface area contributed by atoms with Crippen LogP contribution in [0.4, 0.5) is 0 Å². The number of nitrogens with zero attached hydrogens (tertiary/aromatic N) is 3. The van der Waals surface area contributed by atoms with Crippen molar-refractivity contribution in [2.75, 3.05) is 5.75 Å². The summed E-state index contributed by atoms with van der Waals surface area (Å²) in [6, 6.07) is 4.05.